The molecule has 0 fully saturated rings. The standard InChI is InChI=1S/C21H20N2O2/c1-16-7-5-6-10-19(16)21(24)23-14-18-11-12-22-20(13-18)25-15-17-8-3-2-4-9-17/h2-13H,14-15H2,1H3,(H,23,24). The van der Waals surface area contributed by atoms with Crippen molar-refractivity contribution in [3.05, 3.63) is 95.2 Å². The van der Waals surface area contributed by atoms with Crippen LogP contribution in [-0.2, 0) is 13.2 Å². The van der Waals surface area contributed by atoms with Gasteiger partial charge in [-0.15, -0.1) is 0 Å². The van der Waals surface area contributed by atoms with Gasteiger partial charge in [-0.3, -0.25) is 4.79 Å². The number of pyridine rings is 1. The molecule has 126 valence electrons. The fourth-order valence-electron chi connectivity index (χ4n) is 2.48. The predicted molar refractivity (Wildman–Crippen MR) is 97.4 cm³/mol. The molecular formula is C21H20N2O2. The summed E-state index contributed by atoms with van der Waals surface area (Å²) in [6.45, 7) is 2.82. The summed E-state index contributed by atoms with van der Waals surface area (Å²) >= 11 is 0. The van der Waals surface area contributed by atoms with E-state index in [-0.39, 0.29) is 5.91 Å². The third-order valence-corrected chi connectivity index (χ3v) is 3.87. The van der Waals surface area contributed by atoms with Gasteiger partial charge in [-0.1, -0.05) is 48.5 Å². The number of nitrogens with one attached hydrogen (secondary N) is 1. The summed E-state index contributed by atoms with van der Waals surface area (Å²) < 4.78 is 5.72. The second-order valence-corrected chi connectivity index (χ2v) is 5.77. The number of hydrogen-bond acceptors (Lipinski definition) is 3. The number of aryl methyl sites for hydroxylation is 1. The molecule has 1 amide bonds. The Kier molecular flexibility index (Phi) is 5.42. The molecule has 0 atom stereocenters. The molecule has 0 bridgehead atoms. The molecule has 1 aromatic heterocycles. The first-order valence-electron chi connectivity index (χ1n) is 8.18. The van der Waals surface area contributed by atoms with Gasteiger partial charge in [0, 0.05) is 24.4 Å². The molecule has 1 heterocycles. The predicted octanol–water partition coefficient (Wildman–Crippen LogP) is 3.90. The van der Waals surface area contributed by atoms with Crippen molar-refractivity contribution in [3.8, 4) is 5.88 Å². The highest BCUT2D eigenvalue weighted by atomic mass is 16.5. The molecule has 0 saturated carbocycles. The van der Waals surface area contributed by atoms with E-state index in [9.17, 15) is 4.79 Å². The van der Waals surface area contributed by atoms with Crippen molar-refractivity contribution in [2.75, 3.05) is 0 Å². The number of nitrogens with zero attached hydrogens (tertiary/aromatic N) is 1. The van der Waals surface area contributed by atoms with Crippen LogP contribution in [0.5, 0.6) is 5.88 Å². The minimum Gasteiger partial charge on any atom is -0.473 e. The van der Waals surface area contributed by atoms with Crippen LogP contribution in [-0.4, -0.2) is 10.9 Å². The average molecular weight is 332 g/mol. The number of hydrogen-bond donors (Lipinski definition) is 1. The summed E-state index contributed by atoms with van der Waals surface area (Å²) in [7, 11) is 0. The van der Waals surface area contributed by atoms with Crippen molar-refractivity contribution >= 4 is 5.91 Å². The van der Waals surface area contributed by atoms with E-state index in [1.165, 1.54) is 0 Å². The molecule has 4 nitrogen and oxygen atoms in total. The number of carbonyl (C=O) groups is 1. The maximum Gasteiger partial charge on any atom is 0.251 e. The largest absolute Gasteiger partial charge is 0.473 e. The van der Waals surface area contributed by atoms with Crippen molar-refractivity contribution in [1.29, 1.82) is 0 Å². The van der Waals surface area contributed by atoms with Gasteiger partial charge in [-0.25, -0.2) is 4.98 Å². The number of ether oxygens (including phenoxy) is 1. The third-order valence-electron chi connectivity index (χ3n) is 3.87. The maximum absolute atomic E-state index is 12.3. The van der Waals surface area contributed by atoms with Crippen LogP contribution in [0.25, 0.3) is 0 Å². The van der Waals surface area contributed by atoms with E-state index in [0.29, 0.717) is 24.6 Å². The van der Waals surface area contributed by atoms with E-state index in [1.807, 2.05) is 73.7 Å². The Morgan fingerprint density at radius 2 is 1.76 bits per heavy atom. The first kappa shape index (κ1) is 16.7. The second kappa shape index (κ2) is 8.11. The number of amides is 1. The zero-order valence-electron chi connectivity index (χ0n) is 14.1. The first-order valence-corrected chi connectivity index (χ1v) is 8.18. The van der Waals surface area contributed by atoms with Crippen LogP contribution >= 0.6 is 0 Å². The Balaban J connectivity index is 1.58. The van der Waals surface area contributed by atoms with E-state index in [1.54, 1.807) is 6.20 Å². The number of carbonyl (C=O) groups excluding carboxylic acids is 1. The summed E-state index contributed by atoms with van der Waals surface area (Å²) in [5.74, 6) is 0.466. The van der Waals surface area contributed by atoms with Crippen LogP contribution in [0.15, 0.2) is 72.9 Å². The highest BCUT2D eigenvalue weighted by molar-refractivity contribution is 5.95. The molecule has 0 spiro atoms. The van der Waals surface area contributed by atoms with Crippen molar-refractivity contribution in [1.82, 2.24) is 10.3 Å². The van der Waals surface area contributed by atoms with Crippen LogP contribution < -0.4 is 10.1 Å². The van der Waals surface area contributed by atoms with E-state index < -0.39 is 0 Å². The molecule has 4 heteroatoms. The van der Waals surface area contributed by atoms with Crippen molar-refractivity contribution in [2.45, 2.75) is 20.1 Å². The molecule has 3 rings (SSSR count). The monoisotopic (exact) mass is 332 g/mol. The second-order valence-electron chi connectivity index (χ2n) is 5.77. The van der Waals surface area contributed by atoms with Gasteiger partial charge in [0.25, 0.3) is 5.91 Å². The van der Waals surface area contributed by atoms with Crippen LogP contribution in [0.2, 0.25) is 0 Å². The lowest BCUT2D eigenvalue weighted by molar-refractivity contribution is 0.0950. The van der Waals surface area contributed by atoms with Crippen molar-refractivity contribution in [2.24, 2.45) is 0 Å². The van der Waals surface area contributed by atoms with Gasteiger partial charge in [0.05, 0.1) is 0 Å². The number of aromatic nitrogens is 1. The van der Waals surface area contributed by atoms with Crippen LogP contribution in [0.1, 0.15) is 27.0 Å². The molecule has 0 unspecified atom stereocenters. The maximum atomic E-state index is 12.3. The fourth-order valence-corrected chi connectivity index (χ4v) is 2.48. The molecule has 1 N–H and O–H groups in total. The Morgan fingerprint density at radius 3 is 2.56 bits per heavy atom. The quantitative estimate of drug-likeness (QED) is 0.745. The molecular weight excluding hydrogens is 312 g/mol. The van der Waals surface area contributed by atoms with E-state index in [0.717, 1.165) is 16.7 Å². The average Bonchev–Trinajstić information content (AvgIpc) is 2.66. The zero-order valence-corrected chi connectivity index (χ0v) is 14.1. The molecule has 0 radical (unpaired) electrons. The summed E-state index contributed by atoms with van der Waals surface area (Å²) in [6, 6.07) is 21.2. The molecule has 0 aliphatic heterocycles. The summed E-state index contributed by atoms with van der Waals surface area (Å²) in [6.07, 6.45) is 1.69. The van der Waals surface area contributed by atoms with Gasteiger partial charge in [0.1, 0.15) is 6.61 Å². The lowest BCUT2D eigenvalue weighted by Gasteiger charge is -2.09. The molecule has 0 aliphatic carbocycles. The van der Waals surface area contributed by atoms with Gasteiger partial charge in [-0.05, 0) is 35.7 Å². The van der Waals surface area contributed by atoms with Crippen molar-refractivity contribution in [3.63, 3.8) is 0 Å². The summed E-state index contributed by atoms with van der Waals surface area (Å²) in [5.41, 5.74) is 3.68. The normalized spacial score (nSPS) is 10.3. The first-order chi connectivity index (χ1) is 12.2. The SMILES string of the molecule is Cc1ccccc1C(=O)NCc1ccnc(OCc2ccccc2)c1. The highest BCUT2D eigenvalue weighted by Gasteiger charge is 2.08. The molecule has 25 heavy (non-hydrogen) atoms. The molecule has 3 aromatic rings. The minimum absolute atomic E-state index is 0.0818. The lowest BCUT2D eigenvalue weighted by atomic mass is 10.1. The Hall–Kier alpha value is -3.14. The summed E-state index contributed by atoms with van der Waals surface area (Å²) in [5, 5.41) is 2.93. The fraction of sp³-hybridized carbons (Fsp3) is 0.143. The van der Waals surface area contributed by atoms with Crippen molar-refractivity contribution < 1.29 is 9.53 Å². The Labute approximate surface area is 147 Å². The highest BCUT2D eigenvalue weighted by Crippen LogP contribution is 2.12. The van der Waals surface area contributed by atoms with Gasteiger partial charge in [-0.2, -0.15) is 0 Å². The Morgan fingerprint density at radius 1 is 1.00 bits per heavy atom. The molecule has 0 saturated heterocycles. The number of rotatable bonds is 6. The van der Waals surface area contributed by atoms with Crippen LogP contribution in [0.4, 0.5) is 0 Å². The minimum atomic E-state index is -0.0818. The van der Waals surface area contributed by atoms with Gasteiger partial charge in [0.2, 0.25) is 5.88 Å². The van der Waals surface area contributed by atoms with E-state index in [4.69, 9.17) is 4.74 Å². The van der Waals surface area contributed by atoms with Gasteiger partial charge >= 0.3 is 0 Å². The van der Waals surface area contributed by atoms with Crippen LogP contribution in [0, 0.1) is 6.92 Å². The lowest BCUT2D eigenvalue weighted by Crippen LogP contribution is -2.23. The summed E-state index contributed by atoms with van der Waals surface area (Å²) in [4.78, 5) is 16.5. The smallest absolute Gasteiger partial charge is 0.251 e. The zero-order chi connectivity index (χ0) is 17.5. The number of benzene rings is 2. The van der Waals surface area contributed by atoms with E-state index in [2.05, 4.69) is 10.3 Å². The van der Waals surface area contributed by atoms with Gasteiger partial charge in [0.15, 0.2) is 0 Å². The molecule has 0 aliphatic rings. The van der Waals surface area contributed by atoms with Crippen LogP contribution in [0.3, 0.4) is 0 Å². The third kappa shape index (κ3) is 4.67. The topological polar surface area (TPSA) is 51.2 Å². The Bertz CT molecular complexity index is 847. The molecule has 2 aromatic carbocycles. The van der Waals surface area contributed by atoms with Gasteiger partial charge < -0.3 is 10.1 Å². The van der Waals surface area contributed by atoms with E-state index >= 15 is 0 Å².